The second-order valence-corrected chi connectivity index (χ2v) is 4.54. The van der Waals surface area contributed by atoms with Crippen LogP contribution >= 0.6 is 11.8 Å². The number of aromatic nitrogens is 1. The number of amidine groups is 1. The second-order valence-electron chi connectivity index (χ2n) is 3.48. The van der Waals surface area contributed by atoms with E-state index >= 15 is 0 Å². The molecular weight excluding hydrogens is 256 g/mol. The molecule has 0 unspecified atom stereocenters. The van der Waals surface area contributed by atoms with Crippen LogP contribution in [0.1, 0.15) is 5.56 Å². The van der Waals surface area contributed by atoms with Gasteiger partial charge in [-0.1, -0.05) is 11.8 Å². The van der Waals surface area contributed by atoms with Gasteiger partial charge in [0.25, 0.3) is 0 Å². The molecule has 6 heteroatoms. The molecule has 3 nitrogen and oxygen atoms in total. The molecule has 0 fully saturated rings. The summed E-state index contributed by atoms with van der Waals surface area (Å²) in [6, 6.07) is 6.45. The van der Waals surface area contributed by atoms with E-state index < -0.39 is 11.6 Å². The van der Waals surface area contributed by atoms with Gasteiger partial charge < -0.3 is 5.73 Å². The van der Waals surface area contributed by atoms with E-state index in [2.05, 4.69) is 4.98 Å². The summed E-state index contributed by atoms with van der Waals surface area (Å²) in [5, 5.41) is 7.71. The van der Waals surface area contributed by atoms with E-state index in [-0.39, 0.29) is 10.7 Å². The van der Waals surface area contributed by atoms with E-state index in [0.717, 1.165) is 30.0 Å². The van der Waals surface area contributed by atoms with E-state index in [1.807, 2.05) is 0 Å². The Morgan fingerprint density at radius 2 is 2.00 bits per heavy atom. The highest BCUT2D eigenvalue weighted by Gasteiger charge is 2.07. The molecular formula is C12H9F2N3S. The summed E-state index contributed by atoms with van der Waals surface area (Å²) in [7, 11) is 0. The van der Waals surface area contributed by atoms with Gasteiger partial charge in [0.1, 0.15) is 22.5 Å². The molecule has 2 rings (SSSR count). The summed E-state index contributed by atoms with van der Waals surface area (Å²) >= 11 is 1.01. The molecule has 0 saturated carbocycles. The minimum Gasteiger partial charge on any atom is -0.384 e. The van der Waals surface area contributed by atoms with Gasteiger partial charge in [0.05, 0.1) is 4.90 Å². The topological polar surface area (TPSA) is 62.8 Å². The van der Waals surface area contributed by atoms with Crippen molar-refractivity contribution in [1.82, 2.24) is 4.98 Å². The minimum atomic E-state index is -0.501. The molecule has 1 heterocycles. The Balaban J connectivity index is 2.23. The summed E-state index contributed by atoms with van der Waals surface area (Å²) in [6.07, 6.45) is 1.42. The monoisotopic (exact) mass is 265 g/mol. The minimum absolute atomic E-state index is 0.0870. The van der Waals surface area contributed by atoms with Gasteiger partial charge in [0.15, 0.2) is 0 Å². The highest BCUT2D eigenvalue weighted by Crippen LogP contribution is 2.28. The number of nitrogens with two attached hydrogens (primary N) is 1. The third kappa shape index (κ3) is 2.84. The first-order chi connectivity index (χ1) is 8.56. The molecule has 1 aromatic carbocycles. The number of rotatable bonds is 3. The van der Waals surface area contributed by atoms with Crippen molar-refractivity contribution in [1.29, 1.82) is 5.41 Å². The van der Waals surface area contributed by atoms with Gasteiger partial charge >= 0.3 is 0 Å². The Hall–Kier alpha value is -1.95. The fourth-order valence-electron chi connectivity index (χ4n) is 1.27. The van der Waals surface area contributed by atoms with Gasteiger partial charge in [-0.25, -0.2) is 13.8 Å². The molecule has 0 spiro atoms. The van der Waals surface area contributed by atoms with Gasteiger partial charge in [0.2, 0.25) is 0 Å². The number of pyridine rings is 1. The predicted molar refractivity (Wildman–Crippen MR) is 65.7 cm³/mol. The maximum atomic E-state index is 13.4. The van der Waals surface area contributed by atoms with Crippen molar-refractivity contribution in [3.63, 3.8) is 0 Å². The van der Waals surface area contributed by atoms with Crippen LogP contribution in [-0.4, -0.2) is 10.8 Å². The Bertz CT molecular complexity index is 584. The molecule has 0 radical (unpaired) electrons. The van der Waals surface area contributed by atoms with Gasteiger partial charge in [0, 0.05) is 11.8 Å². The molecule has 1 aromatic heterocycles. The molecule has 18 heavy (non-hydrogen) atoms. The lowest BCUT2D eigenvalue weighted by Gasteiger charge is -2.03. The summed E-state index contributed by atoms with van der Waals surface area (Å²) in [5.41, 5.74) is 5.77. The van der Waals surface area contributed by atoms with Crippen LogP contribution in [0.5, 0.6) is 0 Å². The molecule has 3 N–H and O–H groups in total. The van der Waals surface area contributed by atoms with Crippen LogP contribution in [0.15, 0.2) is 46.5 Å². The number of hydrogen-bond donors (Lipinski definition) is 2. The molecule has 92 valence electrons. The first-order valence-electron chi connectivity index (χ1n) is 4.99. The third-order valence-corrected chi connectivity index (χ3v) is 3.14. The van der Waals surface area contributed by atoms with Crippen LogP contribution < -0.4 is 5.73 Å². The first-order valence-corrected chi connectivity index (χ1v) is 5.81. The van der Waals surface area contributed by atoms with Crippen molar-refractivity contribution in [3.8, 4) is 0 Å². The lowest BCUT2D eigenvalue weighted by Crippen LogP contribution is -2.11. The summed E-state index contributed by atoms with van der Waals surface area (Å²) < 4.78 is 26.4. The van der Waals surface area contributed by atoms with E-state index in [1.54, 1.807) is 12.1 Å². The average Bonchev–Trinajstić information content (AvgIpc) is 2.34. The van der Waals surface area contributed by atoms with Crippen LogP contribution in [0, 0.1) is 17.0 Å². The lowest BCUT2D eigenvalue weighted by molar-refractivity contribution is 0.577. The number of halogens is 2. The molecule has 0 amide bonds. The quantitative estimate of drug-likeness (QED) is 0.662. The van der Waals surface area contributed by atoms with Crippen molar-refractivity contribution in [2.45, 2.75) is 9.92 Å². The molecule has 0 aliphatic rings. The average molecular weight is 265 g/mol. The number of benzene rings is 1. The largest absolute Gasteiger partial charge is 0.384 e. The normalized spacial score (nSPS) is 10.3. The maximum Gasteiger partial charge on any atom is 0.137 e. The van der Waals surface area contributed by atoms with Crippen molar-refractivity contribution in [2.75, 3.05) is 0 Å². The van der Waals surface area contributed by atoms with Crippen molar-refractivity contribution >= 4 is 17.6 Å². The zero-order chi connectivity index (χ0) is 13.1. The van der Waals surface area contributed by atoms with Crippen LogP contribution in [0.4, 0.5) is 8.78 Å². The molecule has 0 saturated heterocycles. The fourth-order valence-corrected chi connectivity index (χ4v) is 2.07. The molecule has 0 atom stereocenters. The van der Waals surface area contributed by atoms with Crippen LogP contribution in [-0.2, 0) is 0 Å². The zero-order valence-corrected chi connectivity index (χ0v) is 9.97. The zero-order valence-electron chi connectivity index (χ0n) is 9.15. The van der Waals surface area contributed by atoms with E-state index in [0.29, 0.717) is 10.6 Å². The third-order valence-electron chi connectivity index (χ3n) is 2.16. The number of hydrogen-bond acceptors (Lipinski definition) is 3. The van der Waals surface area contributed by atoms with E-state index in [4.69, 9.17) is 11.1 Å². The summed E-state index contributed by atoms with van der Waals surface area (Å²) in [4.78, 5) is 4.18. The van der Waals surface area contributed by atoms with E-state index in [1.165, 1.54) is 6.20 Å². The molecule has 0 aliphatic carbocycles. The Kier molecular flexibility index (Phi) is 3.57. The SMILES string of the molecule is N=C(N)c1ccc(Sc2cc(F)ccc2F)nc1. The van der Waals surface area contributed by atoms with E-state index in [9.17, 15) is 8.78 Å². The van der Waals surface area contributed by atoms with Gasteiger partial charge in [-0.05, 0) is 30.3 Å². The fraction of sp³-hybridized carbons (Fsp3) is 0. The van der Waals surface area contributed by atoms with Crippen LogP contribution in [0.25, 0.3) is 0 Å². The Morgan fingerprint density at radius 1 is 1.22 bits per heavy atom. The first kappa shape index (κ1) is 12.5. The van der Waals surface area contributed by atoms with Crippen LogP contribution in [0.2, 0.25) is 0 Å². The Morgan fingerprint density at radius 3 is 2.61 bits per heavy atom. The van der Waals surface area contributed by atoms with Crippen molar-refractivity contribution < 1.29 is 8.78 Å². The highest BCUT2D eigenvalue weighted by atomic mass is 32.2. The lowest BCUT2D eigenvalue weighted by atomic mass is 10.3. The van der Waals surface area contributed by atoms with Crippen molar-refractivity contribution in [3.05, 3.63) is 53.7 Å². The molecule has 0 aliphatic heterocycles. The van der Waals surface area contributed by atoms with Gasteiger partial charge in [-0.3, -0.25) is 5.41 Å². The number of nitrogens with zero attached hydrogens (tertiary/aromatic N) is 1. The smallest absolute Gasteiger partial charge is 0.137 e. The predicted octanol–water partition coefficient (Wildman–Crippen LogP) is 2.80. The van der Waals surface area contributed by atoms with Gasteiger partial charge in [-0.15, -0.1) is 0 Å². The number of nitrogens with one attached hydrogen (secondary N) is 1. The highest BCUT2D eigenvalue weighted by molar-refractivity contribution is 7.99. The summed E-state index contributed by atoms with van der Waals surface area (Å²) in [5.74, 6) is -1.09. The summed E-state index contributed by atoms with van der Waals surface area (Å²) in [6.45, 7) is 0. The maximum absolute atomic E-state index is 13.4. The second kappa shape index (κ2) is 5.14. The Labute approximate surface area is 107 Å². The molecule has 0 bridgehead atoms. The standard InChI is InChI=1S/C12H9F2N3S/c13-8-2-3-9(14)10(5-8)18-11-4-1-7(6-17-11)12(15)16/h1-6H,(H3,15,16). The van der Waals surface area contributed by atoms with Crippen molar-refractivity contribution in [2.24, 2.45) is 5.73 Å². The number of nitrogen functional groups attached to an aromatic ring is 1. The van der Waals surface area contributed by atoms with Gasteiger partial charge in [-0.2, -0.15) is 0 Å². The van der Waals surface area contributed by atoms with Crippen LogP contribution in [0.3, 0.4) is 0 Å². The molecule has 2 aromatic rings.